The minimum atomic E-state index is 0.661. The van der Waals surface area contributed by atoms with Crippen molar-refractivity contribution < 1.29 is 0 Å². The lowest BCUT2D eigenvalue weighted by Crippen LogP contribution is -2.03. The first-order valence-corrected chi connectivity index (χ1v) is 19.1. The standard InChI is InChI=1S/C52H32N4/c1-3-12-33(13-4-1)34-22-25-36(26-23-34)51-42-18-7-9-19-44(42)53-52(54-51)56-47-21-11-14-35-24-27-38-30-39(32-48(56)50(38)49(35)47)37-28-29-46-43(31-37)41-17-8-10-20-45(41)55(46)40-15-5-2-6-16-40/h1-32H. The number of hydrogen-bond donors (Lipinski definition) is 0. The van der Waals surface area contributed by atoms with Crippen LogP contribution in [0.4, 0.5) is 0 Å². The Morgan fingerprint density at radius 1 is 0.321 bits per heavy atom. The zero-order valence-corrected chi connectivity index (χ0v) is 30.3. The van der Waals surface area contributed by atoms with E-state index in [1.165, 1.54) is 60.0 Å². The van der Waals surface area contributed by atoms with Gasteiger partial charge in [-0.05, 0) is 87.6 Å². The van der Waals surface area contributed by atoms with Crippen LogP contribution in [-0.4, -0.2) is 19.1 Å². The van der Waals surface area contributed by atoms with Crippen molar-refractivity contribution in [3.05, 3.63) is 194 Å². The van der Waals surface area contributed by atoms with Crippen LogP contribution in [0.25, 0.3) is 110 Å². The maximum absolute atomic E-state index is 5.43. The largest absolute Gasteiger partial charge is 0.309 e. The van der Waals surface area contributed by atoms with Gasteiger partial charge in [0.15, 0.2) is 0 Å². The van der Waals surface area contributed by atoms with E-state index in [1.54, 1.807) is 0 Å². The second-order valence-electron chi connectivity index (χ2n) is 14.6. The van der Waals surface area contributed by atoms with Crippen LogP contribution in [0.5, 0.6) is 0 Å². The smallest absolute Gasteiger partial charge is 0.235 e. The Kier molecular flexibility index (Phi) is 6.60. The predicted molar refractivity (Wildman–Crippen MR) is 233 cm³/mol. The van der Waals surface area contributed by atoms with Gasteiger partial charge in [-0.25, -0.2) is 9.97 Å². The molecule has 0 aliphatic rings. The molecule has 9 aromatic carbocycles. The summed E-state index contributed by atoms with van der Waals surface area (Å²) >= 11 is 0. The summed E-state index contributed by atoms with van der Waals surface area (Å²) in [5.74, 6) is 0.661. The van der Waals surface area contributed by atoms with Crippen LogP contribution >= 0.6 is 0 Å². The fourth-order valence-corrected chi connectivity index (χ4v) is 8.92. The molecule has 4 heteroatoms. The first-order chi connectivity index (χ1) is 27.8. The lowest BCUT2D eigenvalue weighted by Gasteiger charge is -2.13. The van der Waals surface area contributed by atoms with Gasteiger partial charge in [0.05, 0.1) is 33.3 Å². The van der Waals surface area contributed by atoms with Gasteiger partial charge in [0, 0.05) is 38.2 Å². The topological polar surface area (TPSA) is 35.6 Å². The summed E-state index contributed by atoms with van der Waals surface area (Å²) in [5.41, 5.74) is 13.3. The lowest BCUT2D eigenvalue weighted by molar-refractivity contribution is 1.01. The summed E-state index contributed by atoms with van der Waals surface area (Å²) in [7, 11) is 0. The minimum Gasteiger partial charge on any atom is -0.309 e. The Morgan fingerprint density at radius 3 is 1.82 bits per heavy atom. The van der Waals surface area contributed by atoms with Crippen molar-refractivity contribution in [1.82, 2.24) is 19.1 Å². The van der Waals surface area contributed by atoms with Crippen molar-refractivity contribution in [3.8, 4) is 45.1 Å². The third kappa shape index (κ3) is 4.60. The molecule has 0 saturated heterocycles. The highest BCUT2D eigenvalue weighted by atomic mass is 15.2. The van der Waals surface area contributed by atoms with Crippen LogP contribution in [-0.2, 0) is 0 Å². The summed E-state index contributed by atoms with van der Waals surface area (Å²) in [5, 5.41) is 8.37. The van der Waals surface area contributed by atoms with Crippen LogP contribution in [0.2, 0.25) is 0 Å². The molecule has 0 aliphatic heterocycles. The molecule has 0 N–H and O–H groups in total. The molecule has 0 fully saturated rings. The molecule has 0 saturated carbocycles. The SMILES string of the molecule is c1ccc(-c2ccc(-c3nc(-n4c5cccc6ccc7cc(-c8ccc9c(c8)c8ccccc8n9-c8ccccc8)cc4c7c65)nc4ccccc34)cc2)cc1. The zero-order valence-electron chi connectivity index (χ0n) is 30.3. The highest BCUT2D eigenvalue weighted by Crippen LogP contribution is 2.42. The highest BCUT2D eigenvalue weighted by molar-refractivity contribution is 6.25. The van der Waals surface area contributed by atoms with E-state index in [-0.39, 0.29) is 0 Å². The van der Waals surface area contributed by atoms with E-state index in [9.17, 15) is 0 Å². The van der Waals surface area contributed by atoms with E-state index in [1.807, 2.05) is 0 Å². The van der Waals surface area contributed by atoms with Gasteiger partial charge in [-0.1, -0.05) is 140 Å². The Labute approximate surface area is 322 Å². The van der Waals surface area contributed by atoms with E-state index in [4.69, 9.17) is 9.97 Å². The molecule has 3 heterocycles. The van der Waals surface area contributed by atoms with E-state index in [0.29, 0.717) is 5.95 Å². The van der Waals surface area contributed by atoms with Crippen molar-refractivity contribution >= 4 is 65.3 Å². The molecule has 0 unspecified atom stereocenters. The molecule has 0 bridgehead atoms. The normalized spacial score (nSPS) is 11.9. The number of benzene rings is 9. The van der Waals surface area contributed by atoms with E-state index in [2.05, 4.69) is 203 Å². The summed E-state index contributed by atoms with van der Waals surface area (Å²) in [4.78, 5) is 10.7. The third-order valence-corrected chi connectivity index (χ3v) is 11.5. The van der Waals surface area contributed by atoms with E-state index >= 15 is 0 Å². The number of para-hydroxylation sites is 3. The molecule has 260 valence electrons. The molecule has 0 radical (unpaired) electrons. The molecule has 12 rings (SSSR count). The molecule has 0 amide bonds. The lowest BCUT2D eigenvalue weighted by atomic mass is 9.96. The zero-order chi connectivity index (χ0) is 36.7. The molecule has 3 aromatic heterocycles. The number of rotatable bonds is 5. The monoisotopic (exact) mass is 712 g/mol. The van der Waals surface area contributed by atoms with Gasteiger partial charge in [-0.2, -0.15) is 0 Å². The molecule has 4 nitrogen and oxygen atoms in total. The second-order valence-corrected chi connectivity index (χ2v) is 14.6. The van der Waals surface area contributed by atoms with Gasteiger partial charge in [-0.15, -0.1) is 0 Å². The average molecular weight is 713 g/mol. The molecular weight excluding hydrogens is 681 g/mol. The summed E-state index contributed by atoms with van der Waals surface area (Å²) < 4.78 is 4.65. The van der Waals surface area contributed by atoms with E-state index in [0.717, 1.165) is 44.4 Å². The Balaban J connectivity index is 1.09. The number of fused-ring (bicyclic) bond motifs is 4. The van der Waals surface area contributed by atoms with Gasteiger partial charge in [-0.3, -0.25) is 4.57 Å². The first kappa shape index (κ1) is 30.9. The van der Waals surface area contributed by atoms with Crippen molar-refractivity contribution in [2.24, 2.45) is 0 Å². The summed E-state index contributed by atoms with van der Waals surface area (Å²) in [6.07, 6.45) is 0. The molecule has 0 atom stereocenters. The number of hydrogen-bond acceptors (Lipinski definition) is 2. The van der Waals surface area contributed by atoms with Crippen LogP contribution in [0.15, 0.2) is 194 Å². The molecular formula is C52H32N4. The van der Waals surface area contributed by atoms with Gasteiger partial charge in [0.1, 0.15) is 0 Å². The van der Waals surface area contributed by atoms with E-state index < -0.39 is 0 Å². The molecule has 0 spiro atoms. The maximum Gasteiger partial charge on any atom is 0.235 e. The Morgan fingerprint density at radius 2 is 0.964 bits per heavy atom. The minimum absolute atomic E-state index is 0.661. The van der Waals surface area contributed by atoms with Crippen molar-refractivity contribution in [2.75, 3.05) is 0 Å². The van der Waals surface area contributed by atoms with Crippen molar-refractivity contribution in [2.45, 2.75) is 0 Å². The Bertz CT molecular complexity index is 3450. The molecule has 12 aromatic rings. The third-order valence-electron chi connectivity index (χ3n) is 11.5. The molecule has 56 heavy (non-hydrogen) atoms. The highest BCUT2D eigenvalue weighted by Gasteiger charge is 2.22. The maximum atomic E-state index is 5.43. The summed E-state index contributed by atoms with van der Waals surface area (Å²) in [6, 6.07) is 69.6. The molecule has 0 aliphatic carbocycles. The fraction of sp³-hybridized carbons (Fsp3) is 0. The summed E-state index contributed by atoms with van der Waals surface area (Å²) in [6.45, 7) is 0. The van der Waals surface area contributed by atoms with Gasteiger partial charge >= 0.3 is 0 Å². The Hall–Kier alpha value is -7.56. The van der Waals surface area contributed by atoms with Crippen LogP contribution in [0.3, 0.4) is 0 Å². The average Bonchev–Trinajstić information content (AvgIpc) is 3.79. The van der Waals surface area contributed by atoms with Gasteiger partial charge in [0.2, 0.25) is 5.95 Å². The number of nitrogens with zero attached hydrogens (tertiary/aromatic N) is 4. The predicted octanol–water partition coefficient (Wildman–Crippen LogP) is 13.4. The number of aromatic nitrogens is 4. The van der Waals surface area contributed by atoms with Crippen LogP contribution < -0.4 is 0 Å². The van der Waals surface area contributed by atoms with Crippen LogP contribution in [0, 0.1) is 0 Å². The van der Waals surface area contributed by atoms with Gasteiger partial charge < -0.3 is 4.57 Å². The quantitative estimate of drug-likeness (QED) is 0.167. The second kappa shape index (κ2) is 12.0. The van der Waals surface area contributed by atoms with Crippen LogP contribution in [0.1, 0.15) is 0 Å². The first-order valence-electron chi connectivity index (χ1n) is 19.1. The van der Waals surface area contributed by atoms with Crippen molar-refractivity contribution in [1.29, 1.82) is 0 Å². The van der Waals surface area contributed by atoms with Crippen molar-refractivity contribution in [3.63, 3.8) is 0 Å². The van der Waals surface area contributed by atoms with Gasteiger partial charge in [0.25, 0.3) is 0 Å². The fourth-order valence-electron chi connectivity index (χ4n) is 8.92.